The van der Waals surface area contributed by atoms with Gasteiger partial charge in [0.05, 0.1) is 0 Å². The fourth-order valence-electron chi connectivity index (χ4n) is 2.48. The lowest BCUT2D eigenvalue weighted by atomic mass is 10.1. The van der Waals surface area contributed by atoms with Gasteiger partial charge in [-0.15, -0.1) is 0 Å². The van der Waals surface area contributed by atoms with Crippen LogP contribution < -0.4 is 5.73 Å². The third-order valence-electron chi connectivity index (χ3n) is 3.89. The van der Waals surface area contributed by atoms with Gasteiger partial charge in [0, 0.05) is 29.8 Å². The fourth-order valence-corrected chi connectivity index (χ4v) is 2.73. The highest BCUT2D eigenvalue weighted by Gasteiger charge is 2.29. The van der Waals surface area contributed by atoms with Crippen LogP contribution in [0.2, 0.25) is 0 Å². The van der Waals surface area contributed by atoms with Crippen molar-refractivity contribution in [2.45, 2.75) is 32.2 Å². The molecule has 0 aliphatic heterocycles. The summed E-state index contributed by atoms with van der Waals surface area (Å²) in [5, 5.41) is 0. The Bertz CT molecular complexity index is 411. The Morgan fingerprint density at radius 1 is 1.11 bits per heavy atom. The van der Waals surface area contributed by atoms with Gasteiger partial charge in [-0.2, -0.15) is 0 Å². The minimum Gasteiger partial charge on any atom is -0.398 e. The summed E-state index contributed by atoms with van der Waals surface area (Å²) < 4.78 is 1.00. The molecule has 2 saturated carbocycles. The average Bonchev–Trinajstić information content (AvgIpc) is 3.19. The zero-order valence-electron chi connectivity index (χ0n) is 10.7. The van der Waals surface area contributed by atoms with Crippen molar-refractivity contribution in [3.8, 4) is 0 Å². The van der Waals surface area contributed by atoms with Gasteiger partial charge in [-0.1, -0.05) is 6.07 Å². The molecule has 18 heavy (non-hydrogen) atoms. The summed E-state index contributed by atoms with van der Waals surface area (Å²) in [6.45, 7) is 3.63. The van der Waals surface area contributed by atoms with Crippen molar-refractivity contribution < 1.29 is 0 Å². The first-order valence-corrected chi connectivity index (χ1v) is 7.76. The maximum atomic E-state index is 5.96. The highest BCUT2D eigenvalue weighted by Crippen LogP contribution is 2.34. The van der Waals surface area contributed by atoms with E-state index < -0.39 is 0 Å². The molecule has 0 aromatic heterocycles. The third-order valence-corrected chi connectivity index (χ3v) is 4.62. The van der Waals surface area contributed by atoms with E-state index in [-0.39, 0.29) is 0 Å². The largest absolute Gasteiger partial charge is 0.398 e. The lowest BCUT2D eigenvalue weighted by Crippen LogP contribution is -2.27. The summed E-state index contributed by atoms with van der Waals surface area (Å²) in [4.78, 5) is 2.64. The van der Waals surface area contributed by atoms with E-state index in [9.17, 15) is 0 Å². The number of nitrogens with two attached hydrogens (primary N) is 1. The Kier molecular flexibility index (Phi) is 3.62. The zero-order chi connectivity index (χ0) is 12.5. The molecule has 2 aliphatic rings. The summed E-state index contributed by atoms with van der Waals surface area (Å²) in [5.41, 5.74) is 8.15. The van der Waals surface area contributed by atoms with E-state index in [0.717, 1.165) is 28.5 Å². The number of hydrogen-bond donors (Lipinski definition) is 1. The number of anilines is 1. The summed E-state index contributed by atoms with van der Waals surface area (Å²) in [7, 11) is 0. The maximum Gasteiger partial charge on any atom is 0.0461 e. The molecule has 0 bridgehead atoms. The summed E-state index contributed by atoms with van der Waals surface area (Å²) in [5.74, 6) is 1.94. The Labute approximate surface area is 118 Å². The Morgan fingerprint density at radius 3 is 2.22 bits per heavy atom. The molecule has 98 valence electrons. The maximum absolute atomic E-state index is 5.96. The molecule has 0 radical (unpaired) electrons. The molecular weight excluding hydrogens is 288 g/mol. The topological polar surface area (TPSA) is 29.3 Å². The van der Waals surface area contributed by atoms with E-state index >= 15 is 0 Å². The lowest BCUT2D eigenvalue weighted by molar-refractivity contribution is 0.244. The molecule has 0 atom stereocenters. The smallest absolute Gasteiger partial charge is 0.0461 e. The molecule has 0 saturated heterocycles. The van der Waals surface area contributed by atoms with Crippen molar-refractivity contribution in [1.29, 1.82) is 0 Å². The quantitative estimate of drug-likeness (QED) is 0.813. The predicted octanol–water partition coefficient (Wildman–Crippen LogP) is 3.65. The minimum atomic E-state index is 0.852. The molecule has 2 N–H and O–H groups in total. The van der Waals surface area contributed by atoms with E-state index in [1.165, 1.54) is 44.3 Å². The summed E-state index contributed by atoms with van der Waals surface area (Å²) in [6, 6.07) is 6.36. The van der Waals surface area contributed by atoms with Gasteiger partial charge in [-0.25, -0.2) is 0 Å². The highest BCUT2D eigenvalue weighted by molar-refractivity contribution is 9.10. The molecule has 0 spiro atoms. The summed E-state index contributed by atoms with van der Waals surface area (Å²) >= 11 is 3.46. The van der Waals surface area contributed by atoms with Crippen molar-refractivity contribution in [2.24, 2.45) is 11.8 Å². The predicted molar refractivity (Wildman–Crippen MR) is 79.3 cm³/mol. The van der Waals surface area contributed by atoms with Crippen LogP contribution in [0.3, 0.4) is 0 Å². The Morgan fingerprint density at radius 2 is 1.72 bits per heavy atom. The molecule has 0 amide bonds. The molecule has 1 aromatic rings. The summed E-state index contributed by atoms with van der Waals surface area (Å²) in [6.07, 6.45) is 5.74. The van der Waals surface area contributed by atoms with Crippen LogP contribution in [0.4, 0.5) is 5.69 Å². The van der Waals surface area contributed by atoms with Gasteiger partial charge in [-0.05, 0) is 71.1 Å². The highest BCUT2D eigenvalue weighted by atomic mass is 79.9. The van der Waals surface area contributed by atoms with Gasteiger partial charge >= 0.3 is 0 Å². The van der Waals surface area contributed by atoms with Gasteiger partial charge < -0.3 is 5.73 Å². The van der Waals surface area contributed by atoms with Crippen LogP contribution in [-0.2, 0) is 6.54 Å². The molecular formula is C15H21BrN2. The lowest BCUT2D eigenvalue weighted by Gasteiger charge is -2.22. The second-order valence-electron chi connectivity index (χ2n) is 5.94. The number of hydrogen-bond acceptors (Lipinski definition) is 2. The van der Waals surface area contributed by atoms with Crippen LogP contribution in [0.1, 0.15) is 31.2 Å². The monoisotopic (exact) mass is 308 g/mol. The number of nitrogens with zero attached hydrogens (tertiary/aromatic N) is 1. The van der Waals surface area contributed by atoms with Crippen LogP contribution >= 0.6 is 15.9 Å². The Balaban J connectivity index is 1.63. The molecule has 1 aromatic carbocycles. The first-order valence-electron chi connectivity index (χ1n) is 6.97. The normalized spacial score (nSPS) is 19.4. The first kappa shape index (κ1) is 12.5. The second-order valence-corrected chi connectivity index (χ2v) is 6.79. The fraction of sp³-hybridized carbons (Fsp3) is 0.600. The van der Waals surface area contributed by atoms with Gasteiger partial charge in [0.15, 0.2) is 0 Å². The Hall–Kier alpha value is -0.540. The van der Waals surface area contributed by atoms with Gasteiger partial charge in [0.25, 0.3) is 0 Å². The van der Waals surface area contributed by atoms with E-state index in [0.29, 0.717) is 0 Å². The average molecular weight is 309 g/mol. The van der Waals surface area contributed by atoms with Crippen molar-refractivity contribution >= 4 is 21.6 Å². The van der Waals surface area contributed by atoms with Crippen molar-refractivity contribution in [3.05, 3.63) is 28.2 Å². The zero-order valence-corrected chi connectivity index (χ0v) is 12.3. The number of nitrogen functional groups attached to an aromatic ring is 1. The van der Waals surface area contributed by atoms with Crippen LogP contribution in [0, 0.1) is 11.8 Å². The SMILES string of the molecule is Nc1cc(CN(CC2CC2)CC2CC2)ccc1Br. The number of benzene rings is 1. The van der Waals surface area contributed by atoms with E-state index in [2.05, 4.69) is 39.0 Å². The van der Waals surface area contributed by atoms with Crippen LogP contribution in [0.5, 0.6) is 0 Å². The minimum absolute atomic E-state index is 0.852. The van der Waals surface area contributed by atoms with Gasteiger partial charge in [-0.3, -0.25) is 4.90 Å². The molecule has 2 fully saturated rings. The third kappa shape index (κ3) is 3.48. The number of halogens is 1. The van der Waals surface area contributed by atoms with Crippen LogP contribution in [0.25, 0.3) is 0 Å². The molecule has 0 unspecified atom stereocenters. The van der Waals surface area contributed by atoms with Crippen LogP contribution in [0.15, 0.2) is 22.7 Å². The number of rotatable bonds is 6. The van der Waals surface area contributed by atoms with Crippen molar-refractivity contribution in [2.75, 3.05) is 18.8 Å². The van der Waals surface area contributed by atoms with E-state index in [1.54, 1.807) is 0 Å². The van der Waals surface area contributed by atoms with E-state index in [1.807, 2.05) is 0 Å². The molecule has 2 nitrogen and oxygen atoms in total. The van der Waals surface area contributed by atoms with Gasteiger partial charge in [0.2, 0.25) is 0 Å². The van der Waals surface area contributed by atoms with Gasteiger partial charge in [0.1, 0.15) is 0 Å². The van der Waals surface area contributed by atoms with Crippen molar-refractivity contribution in [3.63, 3.8) is 0 Å². The molecule has 3 heteroatoms. The molecule has 0 heterocycles. The molecule has 3 rings (SSSR count). The second kappa shape index (κ2) is 5.22. The first-order chi connectivity index (χ1) is 8.70. The van der Waals surface area contributed by atoms with Crippen LogP contribution in [-0.4, -0.2) is 18.0 Å². The standard InChI is InChI=1S/C15H21BrN2/c16-14-6-5-13(7-15(14)17)10-18(8-11-1-2-11)9-12-3-4-12/h5-7,11-12H,1-4,8-10,17H2. The van der Waals surface area contributed by atoms with E-state index in [4.69, 9.17) is 5.73 Å². The molecule has 2 aliphatic carbocycles. The van der Waals surface area contributed by atoms with Crippen molar-refractivity contribution in [1.82, 2.24) is 4.90 Å².